The first-order valence-electron chi connectivity index (χ1n) is 3.35. The second-order valence-electron chi connectivity index (χ2n) is 2.26. The Morgan fingerprint density at radius 3 is 2.60 bits per heavy atom. The predicted molar refractivity (Wildman–Crippen MR) is 48.3 cm³/mol. The van der Waals surface area contributed by atoms with Crippen molar-refractivity contribution < 1.29 is 17.9 Å². The molecule has 0 radical (unpaired) electrons. The summed E-state index contributed by atoms with van der Waals surface area (Å²) in [6, 6.07) is 1.62. The molecular formula is C7HBrClF3N2O. The van der Waals surface area contributed by atoms with Crippen LogP contribution in [0.25, 0.3) is 0 Å². The summed E-state index contributed by atoms with van der Waals surface area (Å²) in [6.45, 7) is 0. The molecule has 0 unspecified atom stereocenters. The van der Waals surface area contributed by atoms with Crippen molar-refractivity contribution in [2.75, 3.05) is 0 Å². The first-order chi connectivity index (χ1) is 6.85. The van der Waals surface area contributed by atoms with E-state index in [4.69, 9.17) is 16.9 Å². The molecule has 0 aromatic carbocycles. The molecule has 1 aromatic rings. The van der Waals surface area contributed by atoms with Gasteiger partial charge in [-0.05, 0) is 15.9 Å². The van der Waals surface area contributed by atoms with Crippen molar-refractivity contribution in [3.8, 4) is 11.8 Å². The second kappa shape index (κ2) is 4.24. The fourth-order valence-corrected chi connectivity index (χ4v) is 1.28. The van der Waals surface area contributed by atoms with Crippen LogP contribution in [0.3, 0.4) is 0 Å². The van der Waals surface area contributed by atoms with Crippen LogP contribution in [-0.2, 0) is 0 Å². The number of hydrogen-bond acceptors (Lipinski definition) is 3. The van der Waals surface area contributed by atoms with E-state index in [1.807, 2.05) is 0 Å². The molecule has 0 amide bonds. The summed E-state index contributed by atoms with van der Waals surface area (Å²) in [4.78, 5) is 3.39. The Bertz CT molecular complexity index is 429. The number of nitriles is 1. The zero-order chi connectivity index (χ0) is 11.6. The Balaban J connectivity index is 3.14. The molecule has 1 heterocycles. The zero-order valence-electron chi connectivity index (χ0n) is 6.77. The van der Waals surface area contributed by atoms with E-state index >= 15 is 0 Å². The Morgan fingerprint density at radius 2 is 2.13 bits per heavy atom. The summed E-state index contributed by atoms with van der Waals surface area (Å²) in [6.07, 6.45) is -4.07. The lowest BCUT2D eigenvalue weighted by Crippen LogP contribution is -2.17. The fraction of sp³-hybridized carbons (Fsp3) is 0.143. The molecule has 0 fully saturated rings. The molecule has 80 valence electrons. The summed E-state index contributed by atoms with van der Waals surface area (Å²) in [7, 11) is 0. The van der Waals surface area contributed by atoms with E-state index < -0.39 is 12.1 Å². The predicted octanol–water partition coefficient (Wildman–Crippen LogP) is 3.27. The van der Waals surface area contributed by atoms with Gasteiger partial charge in [-0.2, -0.15) is 5.26 Å². The van der Waals surface area contributed by atoms with Crippen LogP contribution >= 0.6 is 27.5 Å². The molecule has 0 saturated carbocycles. The number of halogens is 5. The maximum atomic E-state index is 11.9. The normalized spacial score (nSPS) is 10.9. The van der Waals surface area contributed by atoms with Gasteiger partial charge >= 0.3 is 6.36 Å². The lowest BCUT2D eigenvalue weighted by molar-refractivity contribution is -0.275. The number of ether oxygens (including phenoxy) is 1. The molecule has 1 aromatic heterocycles. The smallest absolute Gasteiger partial charge is 0.403 e. The summed E-state index contributed by atoms with van der Waals surface area (Å²) in [5.74, 6) is -0.591. The van der Waals surface area contributed by atoms with Crippen molar-refractivity contribution in [2.24, 2.45) is 0 Å². The van der Waals surface area contributed by atoms with Crippen molar-refractivity contribution in [3.63, 3.8) is 0 Å². The van der Waals surface area contributed by atoms with Crippen LogP contribution < -0.4 is 4.74 Å². The molecule has 0 aliphatic carbocycles. The van der Waals surface area contributed by atoms with Crippen LogP contribution in [0.1, 0.15) is 5.69 Å². The lowest BCUT2D eigenvalue weighted by atomic mass is 10.3. The van der Waals surface area contributed by atoms with Crippen molar-refractivity contribution in [3.05, 3.63) is 21.4 Å². The standard InChI is InChI=1S/C7HBrClF3N2O/c8-5-4(15-7(10,11)12)2-14-3(1-13)6(5)9/h2H. The van der Waals surface area contributed by atoms with Crippen molar-refractivity contribution >= 4 is 27.5 Å². The molecule has 0 atom stereocenters. The Hall–Kier alpha value is -1.00. The minimum Gasteiger partial charge on any atom is -0.403 e. The molecule has 0 bridgehead atoms. The number of alkyl halides is 3. The van der Waals surface area contributed by atoms with E-state index in [1.54, 1.807) is 6.07 Å². The maximum absolute atomic E-state index is 11.9. The molecular weight excluding hydrogens is 300 g/mol. The highest BCUT2D eigenvalue weighted by Gasteiger charge is 2.32. The summed E-state index contributed by atoms with van der Waals surface area (Å²) in [5.41, 5.74) is -0.182. The van der Waals surface area contributed by atoms with Gasteiger partial charge in [0.1, 0.15) is 6.07 Å². The number of aromatic nitrogens is 1. The van der Waals surface area contributed by atoms with Crippen LogP contribution in [-0.4, -0.2) is 11.3 Å². The van der Waals surface area contributed by atoms with E-state index in [2.05, 4.69) is 25.7 Å². The van der Waals surface area contributed by atoms with E-state index in [0.717, 1.165) is 6.20 Å². The molecule has 1 rings (SSSR count). The van der Waals surface area contributed by atoms with Gasteiger partial charge in [-0.15, -0.1) is 13.2 Å². The molecule has 0 saturated heterocycles. The van der Waals surface area contributed by atoms with Crippen molar-refractivity contribution in [1.29, 1.82) is 5.26 Å². The Labute approximate surface area is 95.6 Å². The van der Waals surface area contributed by atoms with Crippen molar-refractivity contribution in [1.82, 2.24) is 4.98 Å². The summed E-state index contributed by atoms with van der Waals surface area (Å²) in [5, 5.41) is 8.26. The van der Waals surface area contributed by atoms with Gasteiger partial charge in [0.25, 0.3) is 0 Å². The van der Waals surface area contributed by atoms with Gasteiger partial charge in [-0.25, -0.2) is 4.98 Å². The van der Waals surface area contributed by atoms with E-state index in [1.165, 1.54) is 0 Å². The van der Waals surface area contributed by atoms with Gasteiger partial charge in [0.15, 0.2) is 11.4 Å². The highest BCUT2D eigenvalue weighted by Crippen LogP contribution is 2.35. The van der Waals surface area contributed by atoms with Gasteiger partial charge < -0.3 is 4.74 Å². The number of pyridine rings is 1. The molecule has 0 N–H and O–H groups in total. The monoisotopic (exact) mass is 300 g/mol. The third-order valence-electron chi connectivity index (χ3n) is 1.26. The third kappa shape index (κ3) is 2.97. The fourth-order valence-electron chi connectivity index (χ4n) is 0.722. The average molecular weight is 301 g/mol. The maximum Gasteiger partial charge on any atom is 0.573 e. The molecule has 3 nitrogen and oxygen atoms in total. The number of hydrogen-bond donors (Lipinski definition) is 0. The zero-order valence-corrected chi connectivity index (χ0v) is 9.11. The topological polar surface area (TPSA) is 45.9 Å². The highest BCUT2D eigenvalue weighted by molar-refractivity contribution is 9.10. The lowest BCUT2D eigenvalue weighted by Gasteiger charge is -2.10. The highest BCUT2D eigenvalue weighted by atomic mass is 79.9. The van der Waals surface area contributed by atoms with Gasteiger partial charge in [-0.1, -0.05) is 11.6 Å². The minimum absolute atomic E-state index is 0.159. The largest absolute Gasteiger partial charge is 0.573 e. The minimum atomic E-state index is -4.83. The molecule has 0 spiro atoms. The average Bonchev–Trinajstić information content (AvgIpc) is 2.11. The van der Waals surface area contributed by atoms with Gasteiger partial charge in [0, 0.05) is 0 Å². The van der Waals surface area contributed by atoms with Crippen LogP contribution in [0.4, 0.5) is 13.2 Å². The van der Waals surface area contributed by atoms with Crippen molar-refractivity contribution in [2.45, 2.75) is 6.36 Å². The first-order valence-corrected chi connectivity index (χ1v) is 4.52. The van der Waals surface area contributed by atoms with Crippen LogP contribution in [0, 0.1) is 11.3 Å². The third-order valence-corrected chi connectivity index (χ3v) is 2.64. The first kappa shape index (κ1) is 12.1. The quantitative estimate of drug-likeness (QED) is 0.800. The summed E-state index contributed by atoms with van der Waals surface area (Å²) >= 11 is 8.32. The Morgan fingerprint density at radius 1 is 1.53 bits per heavy atom. The molecule has 15 heavy (non-hydrogen) atoms. The number of nitrogens with zero attached hydrogens (tertiary/aromatic N) is 2. The van der Waals surface area contributed by atoms with E-state index in [0.29, 0.717) is 0 Å². The number of rotatable bonds is 1. The second-order valence-corrected chi connectivity index (χ2v) is 3.43. The van der Waals surface area contributed by atoms with E-state index in [-0.39, 0.29) is 15.2 Å². The van der Waals surface area contributed by atoms with E-state index in [9.17, 15) is 13.2 Å². The van der Waals surface area contributed by atoms with Gasteiger partial charge in [-0.3, -0.25) is 0 Å². The molecule has 0 aliphatic rings. The van der Waals surface area contributed by atoms with Crippen LogP contribution in [0.5, 0.6) is 5.75 Å². The molecule has 8 heteroatoms. The Kier molecular flexibility index (Phi) is 3.42. The molecule has 0 aliphatic heterocycles. The van der Waals surface area contributed by atoms with Crippen LogP contribution in [0.2, 0.25) is 5.02 Å². The van der Waals surface area contributed by atoms with Crippen LogP contribution in [0.15, 0.2) is 10.7 Å². The summed E-state index contributed by atoms with van der Waals surface area (Å²) < 4.78 is 39.0. The SMILES string of the molecule is N#Cc1ncc(OC(F)(F)F)c(Br)c1Cl. The van der Waals surface area contributed by atoms with Gasteiger partial charge in [0.05, 0.1) is 15.7 Å². The van der Waals surface area contributed by atoms with Gasteiger partial charge in [0.2, 0.25) is 0 Å².